The lowest BCUT2D eigenvalue weighted by atomic mass is 9.99. The summed E-state index contributed by atoms with van der Waals surface area (Å²) in [6, 6.07) is 12.6. The van der Waals surface area contributed by atoms with Gasteiger partial charge in [-0.05, 0) is 43.0 Å². The second-order valence-electron chi connectivity index (χ2n) is 6.37. The summed E-state index contributed by atoms with van der Waals surface area (Å²) in [7, 11) is 0. The van der Waals surface area contributed by atoms with Crippen molar-refractivity contribution in [2.24, 2.45) is 0 Å². The lowest BCUT2D eigenvalue weighted by Gasteiger charge is -2.34. The summed E-state index contributed by atoms with van der Waals surface area (Å²) < 4.78 is 0. The van der Waals surface area contributed by atoms with Crippen LogP contribution in [-0.4, -0.2) is 28.2 Å². The molecule has 1 saturated heterocycles. The molecule has 0 spiro atoms. The summed E-state index contributed by atoms with van der Waals surface area (Å²) in [5, 5.41) is 3.05. The number of hydrogen-bond acceptors (Lipinski definition) is 3. The maximum Gasteiger partial charge on any atom is 0.247 e. The van der Waals surface area contributed by atoms with Crippen LogP contribution in [0.1, 0.15) is 49.4 Å². The van der Waals surface area contributed by atoms with Crippen LogP contribution in [0.3, 0.4) is 0 Å². The van der Waals surface area contributed by atoms with Gasteiger partial charge in [-0.15, -0.1) is 0 Å². The zero-order valence-corrected chi connectivity index (χ0v) is 14.4. The molecule has 0 aliphatic carbocycles. The number of pyridine rings is 1. The molecule has 3 rings (SSSR count). The van der Waals surface area contributed by atoms with Crippen LogP contribution in [0, 0.1) is 0 Å². The maximum atomic E-state index is 13.1. The van der Waals surface area contributed by atoms with E-state index in [0.29, 0.717) is 13.0 Å². The molecule has 0 bridgehead atoms. The zero-order chi connectivity index (χ0) is 17.6. The van der Waals surface area contributed by atoms with E-state index in [0.717, 1.165) is 24.0 Å². The Labute approximate surface area is 148 Å². The first-order valence-electron chi connectivity index (χ1n) is 8.71. The van der Waals surface area contributed by atoms with Gasteiger partial charge in [0, 0.05) is 25.4 Å². The number of piperidine rings is 1. The molecule has 1 fully saturated rings. The normalized spacial score (nSPS) is 17.0. The van der Waals surface area contributed by atoms with Crippen molar-refractivity contribution >= 4 is 11.8 Å². The number of carbonyl (C=O) groups excluding carboxylic acids is 2. The van der Waals surface area contributed by atoms with Crippen LogP contribution in [0.5, 0.6) is 0 Å². The Bertz CT molecular complexity index is 718. The number of carbonyl (C=O) groups is 2. The number of rotatable bonds is 5. The Morgan fingerprint density at radius 2 is 1.80 bits per heavy atom. The van der Waals surface area contributed by atoms with E-state index in [4.69, 9.17) is 0 Å². The molecule has 25 heavy (non-hydrogen) atoms. The molecule has 2 atom stereocenters. The quantitative estimate of drug-likeness (QED) is 0.912. The molecular formula is C20H23N3O2. The second kappa shape index (κ2) is 7.92. The summed E-state index contributed by atoms with van der Waals surface area (Å²) >= 11 is 0. The van der Waals surface area contributed by atoms with Gasteiger partial charge in [0.2, 0.25) is 11.8 Å². The SMILES string of the molecule is C[C@H](NC(=O)[C@@H](c1ccccc1)N1CCCCC1=O)c1ccncc1. The summed E-state index contributed by atoms with van der Waals surface area (Å²) in [4.78, 5) is 31.2. The topological polar surface area (TPSA) is 62.3 Å². The third-order valence-electron chi connectivity index (χ3n) is 4.60. The van der Waals surface area contributed by atoms with Gasteiger partial charge in [-0.2, -0.15) is 0 Å². The fourth-order valence-electron chi connectivity index (χ4n) is 3.24. The van der Waals surface area contributed by atoms with Crippen LogP contribution in [0.2, 0.25) is 0 Å². The third kappa shape index (κ3) is 4.05. The molecule has 1 aliphatic rings. The fourth-order valence-corrected chi connectivity index (χ4v) is 3.24. The standard InChI is InChI=1S/C20H23N3O2/c1-15(16-10-12-21-13-11-16)22-20(25)19(17-7-3-2-4-8-17)23-14-6-5-9-18(23)24/h2-4,7-8,10-13,15,19H,5-6,9,14H2,1H3,(H,22,25)/t15-,19+/m0/s1. The molecule has 0 unspecified atom stereocenters. The molecule has 0 saturated carbocycles. The number of amides is 2. The van der Waals surface area contributed by atoms with Crippen molar-refractivity contribution in [1.29, 1.82) is 0 Å². The highest BCUT2D eigenvalue weighted by Gasteiger charge is 2.33. The van der Waals surface area contributed by atoms with Gasteiger partial charge in [-0.25, -0.2) is 0 Å². The van der Waals surface area contributed by atoms with Crippen LogP contribution in [0.15, 0.2) is 54.9 Å². The van der Waals surface area contributed by atoms with E-state index in [9.17, 15) is 9.59 Å². The lowest BCUT2D eigenvalue weighted by Crippen LogP contribution is -2.46. The first kappa shape index (κ1) is 17.1. The average Bonchev–Trinajstić information content (AvgIpc) is 2.65. The molecule has 2 heterocycles. The molecule has 0 radical (unpaired) electrons. The van der Waals surface area contributed by atoms with E-state index < -0.39 is 6.04 Å². The van der Waals surface area contributed by atoms with E-state index in [1.807, 2.05) is 49.4 Å². The average molecular weight is 337 g/mol. The Hall–Kier alpha value is -2.69. The Morgan fingerprint density at radius 1 is 1.08 bits per heavy atom. The monoisotopic (exact) mass is 337 g/mol. The van der Waals surface area contributed by atoms with Crippen molar-refractivity contribution in [3.8, 4) is 0 Å². The van der Waals surface area contributed by atoms with Gasteiger partial charge in [0.05, 0.1) is 6.04 Å². The smallest absolute Gasteiger partial charge is 0.247 e. The highest BCUT2D eigenvalue weighted by molar-refractivity contribution is 5.89. The van der Waals surface area contributed by atoms with E-state index in [-0.39, 0.29) is 17.9 Å². The van der Waals surface area contributed by atoms with Gasteiger partial charge in [-0.3, -0.25) is 14.6 Å². The maximum absolute atomic E-state index is 13.1. The van der Waals surface area contributed by atoms with Crippen molar-refractivity contribution in [1.82, 2.24) is 15.2 Å². The fraction of sp³-hybridized carbons (Fsp3) is 0.350. The molecule has 1 N–H and O–H groups in total. The summed E-state index contributed by atoms with van der Waals surface area (Å²) in [5.74, 6) is -0.0995. The number of nitrogens with one attached hydrogen (secondary N) is 1. The van der Waals surface area contributed by atoms with Crippen LogP contribution in [-0.2, 0) is 9.59 Å². The van der Waals surface area contributed by atoms with E-state index in [1.54, 1.807) is 17.3 Å². The number of hydrogen-bond donors (Lipinski definition) is 1. The second-order valence-corrected chi connectivity index (χ2v) is 6.37. The Balaban J connectivity index is 1.83. The van der Waals surface area contributed by atoms with Gasteiger partial charge >= 0.3 is 0 Å². The van der Waals surface area contributed by atoms with Crippen LogP contribution in [0.25, 0.3) is 0 Å². The largest absolute Gasteiger partial charge is 0.347 e. The molecule has 1 aromatic heterocycles. The highest BCUT2D eigenvalue weighted by Crippen LogP contribution is 2.26. The first-order chi connectivity index (χ1) is 12.2. The zero-order valence-electron chi connectivity index (χ0n) is 14.4. The van der Waals surface area contributed by atoms with Crippen LogP contribution in [0.4, 0.5) is 0 Å². The summed E-state index contributed by atoms with van der Waals surface area (Å²) in [5.41, 5.74) is 1.83. The minimum absolute atomic E-state index is 0.0480. The molecular weight excluding hydrogens is 314 g/mol. The van der Waals surface area contributed by atoms with Gasteiger partial charge < -0.3 is 10.2 Å². The molecule has 5 nitrogen and oxygen atoms in total. The van der Waals surface area contributed by atoms with Crippen LogP contribution >= 0.6 is 0 Å². The Kier molecular flexibility index (Phi) is 5.43. The minimum atomic E-state index is -0.585. The molecule has 1 aromatic carbocycles. The molecule has 5 heteroatoms. The molecule has 130 valence electrons. The summed E-state index contributed by atoms with van der Waals surface area (Å²) in [6.07, 6.45) is 5.76. The van der Waals surface area contributed by atoms with Gasteiger partial charge in [0.1, 0.15) is 6.04 Å². The van der Waals surface area contributed by atoms with E-state index >= 15 is 0 Å². The van der Waals surface area contributed by atoms with Crippen molar-refractivity contribution < 1.29 is 9.59 Å². The number of benzene rings is 1. The minimum Gasteiger partial charge on any atom is -0.347 e. The number of nitrogens with zero attached hydrogens (tertiary/aromatic N) is 2. The molecule has 1 aliphatic heterocycles. The Morgan fingerprint density at radius 3 is 2.48 bits per heavy atom. The van der Waals surface area contributed by atoms with Gasteiger partial charge in [-0.1, -0.05) is 30.3 Å². The number of aromatic nitrogens is 1. The predicted molar refractivity (Wildman–Crippen MR) is 95.5 cm³/mol. The highest BCUT2D eigenvalue weighted by atomic mass is 16.2. The van der Waals surface area contributed by atoms with Crippen molar-refractivity contribution in [3.05, 3.63) is 66.0 Å². The van der Waals surface area contributed by atoms with Crippen molar-refractivity contribution in [2.75, 3.05) is 6.54 Å². The number of likely N-dealkylation sites (tertiary alicyclic amines) is 1. The van der Waals surface area contributed by atoms with Gasteiger partial charge in [0.25, 0.3) is 0 Å². The predicted octanol–water partition coefficient (Wildman–Crippen LogP) is 3.01. The van der Waals surface area contributed by atoms with E-state index in [2.05, 4.69) is 10.3 Å². The molecule has 2 amide bonds. The summed E-state index contributed by atoms with van der Waals surface area (Å²) in [6.45, 7) is 2.56. The van der Waals surface area contributed by atoms with Crippen LogP contribution < -0.4 is 5.32 Å². The molecule has 2 aromatic rings. The lowest BCUT2D eigenvalue weighted by molar-refractivity contribution is -0.143. The van der Waals surface area contributed by atoms with E-state index in [1.165, 1.54) is 0 Å². The van der Waals surface area contributed by atoms with Crippen molar-refractivity contribution in [3.63, 3.8) is 0 Å². The first-order valence-corrected chi connectivity index (χ1v) is 8.71. The third-order valence-corrected chi connectivity index (χ3v) is 4.60. The van der Waals surface area contributed by atoms with Crippen molar-refractivity contribution in [2.45, 2.75) is 38.3 Å². The van der Waals surface area contributed by atoms with Gasteiger partial charge in [0.15, 0.2) is 0 Å².